The summed E-state index contributed by atoms with van der Waals surface area (Å²) in [4.78, 5) is 18.6. The summed E-state index contributed by atoms with van der Waals surface area (Å²) in [5.41, 5.74) is 1.13. The topological polar surface area (TPSA) is 57.3 Å². The molecule has 5 heteroatoms. The molecular weight excluding hydrogens is 300 g/mol. The first-order valence-electron chi connectivity index (χ1n) is 8.47. The number of nitrogens with zero attached hydrogens (tertiary/aromatic N) is 2. The number of nitrogens with one attached hydrogen (secondary N) is 2. The van der Waals surface area contributed by atoms with Gasteiger partial charge in [-0.25, -0.2) is 4.98 Å². The molecule has 2 heterocycles. The maximum absolute atomic E-state index is 12.1. The second-order valence-electron chi connectivity index (χ2n) is 6.25. The molecule has 0 spiro atoms. The zero-order chi connectivity index (χ0) is 16.6. The average Bonchev–Trinajstić information content (AvgIpc) is 3.07. The summed E-state index contributed by atoms with van der Waals surface area (Å²) in [5.74, 6) is 1.57. The molecule has 1 aliphatic rings. The van der Waals surface area contributed by atoms with E-state index in [0.717, 1.165) is 37.4 Å². The molecule has 1 atom stereocenters. The molecule has 2 N–H and O–H groups in total. The number of amides is 1. The van der Waals surface area contributed by atoms with Crippen LogP contribution in [-0.2, 0) is 11.3 Å². The lowest BCUT2D eigenvalue weighted by molar-refractivity contribution is -0.122. The molecular formula is C19H24N4O. The van der Waals surface area contributed by atoms with Crippen molar-refractivity contribution in [3.05, 3.63) is 60.3 Å². The Balaban J connectivity index is 1.35. The van der Waals surface area contributed by atoms with Crippen molar-refractivity contribution in [2.24, 2.45) is 5.92 Å². The number of aromatic nitrogens is 1. The van der Waals surface area contributed by atoms with Gasteiger partial charge >= 0.3 is 0 Å². The lowest BCUT2D eigenvalue weighted by Gasteiger charge is -2.16. The average molecular weight is 324 g/mol. The van der Waals surface area contributed by atoms with Crippen LogP contribution >= 0.6 is 0 Å². The molecule has 0 unspecified atom stereocenters. The number of hydrogen-bond donors (Lipinski definition) is 2. The molecule has 3 rings (SSSR count). The van der Waals surface area contributed by atoms with E-state index in [-0.39, 0.29) is 5.91 Å². The molecule has 1 aromatic carbocycles. The molecule has 0 aliphatic carbocycles. The highest BCUT2D eigenvalue weighted by Crippen LogP contribution is 2.16. The highest BCUT2D eigenvalue weighted by atomic mass is 16.2. The summed E-state index contributed by atoms with van der Waals surface area (Å²) >= 11 is 0. The van der Waals surface area contributed by atoms with Crippen molar-refractivity contribution in [3.63, 3.8) is 0 Å². The largest absolute Gasteiger partial charge is 0.370 e. The van der Waals surface area contributed by atoms with Crippen molar-refractivity contribution in [1.82, 2.24) is 15.2 Å². The molecule has 1 aliphatic heterocycles. The van der Waals surface area contributed by atoms with Gasteiger partial charge in [0.1, 0.15) is 5.82 Å². The number of hydrogen-bond acceptors (Lipinski definition) is 4. The number of anilines is 1. The van der Waals surface area contributed by atoms with Gasteiger partial charge in [-0.05, 0) is 36.6 Å². The van der Waals surface area contributed by atoms with Gasteiger partial charge in [-0.15, -0.1) is 0 Å². The summed E-state index contributed by atoms with van der Waals surface area (Å²) in [7, 11) is 0. The van der Waals surface area contributed by atoms with Crippen molar-refractivity contribution >= 4 is 11.7 Å². The Morgan fingerprint density at radius 1 is 1.17 bits per heavy atom. The Morgan fingerprint density at radius 2 is 2.00 bits per heavy atom. The first-order valence-corrected chi connectivity index (χ1v) is 8.47. The van der Waals surface area contributed by atoms with Crippen LogP contribution in [0, 0.1) is 5.92 Å². The summed E-state index contributed by atoms with van der Waals surface area (Å²) in [6, 6.07) is 15.9. The second-order valence-corrected chi connectivity index (χ2v) is 6.25. The van der Waals surface area contributed by atoms with Crippen LogP contribution in [0.3, 0.4) is 0 Å². The van der Waals surface area contributed by atoms with Crippen LogP contribution in [0.5, 0.6) is 0 Å². The zero-order valence-electron chi connectivity index (χ0n) is 13.8. The molecule has 1 amide bonds. The van der Waals surface area contributed by atoms with Gasteiger partial charge in [0.05, 0.1) is 6.54 Å². The zero-order valence-corrected chi connectivity index (χ0v) is 13.8. The number of likely N-dealkylation sites (tertiary alicyclic amines) is 1. The van der Waals surface area contributed by atoms with Crippen molar-refractivity contribution in [1.29, 1.82) is 0 Å². The quantitative estimate of drug-likeness (QED) is 0.819. The second kappa shape index (κ2) is 8.45. The van der Waals surface area contributed by atoms with Gasteiger partial charge in [0, 0.05) is 25.8 Å². The molecule has 1 fully saturated rings. The number of carbonyl (C=O) groups excluding carboxylic acids is 1. The smallest absolute Gasteiger partial charge is 0.234 e. The molecule has 1 saturated heterocycles. The number of pyridine rings is 1. The molecule has 24 heavy (non-hydrogen) atoms. The van der Waals surface area contributed by atoms with E-state index in [0.29, 0.717) is 19.0 Å². The number of rotatable bonds is 7. The number of benzene rings is 1. The van der Waals surface area contributed by atoms with E-state index in [9.17, 15) is 4.79 Å². The third-order valence-electron chi connectivity index (χ3n) is 4.31. The fourth-order valence-corrected chi connectivity index (χ4v) is 2.99. The predicted octanol–water partition coefficient (Wildman–Crippen LogP) is 2.13. The van der Waals surface area contributed by atoms with Crippen LogP contribution in [0.2, 0.25) is 0 Å². The molecule has 5 nitrogen and oxygen atoms in total. The minimum Gasteiger partial charge on any atom is -0.370 e. The van der Waals surface area contributed by atoms with E-state index in [1.54, 1.807) is 6.20 Å². The van der Waals surface area contributed by atoms with Gasteiger partial charge in [-0.2, -0.15) is 0 Å². The standard InChI is InChI=1S/C19H24N4O/c24-19(22-12-16-6-2-1-3-7-16)15-23-11-9-17(14-23)13-21-18-8-4-5-10-20-18/h1-8,10,17H,9,11-15H2,(H,20,21)(H,22,24)/t17-/m1/s1. The first kappa shape index (κ1) is 16.5. The van der Waals surface area contributed by atoms with Crippen molar-refractivity contribution in [3.8, 4) is 0 Å². The van der Waals surface area contributed by atoms with E-state index >= 15 is 0 Å². The van der Waals surface area contributed by atoms with E-state index in [1.165, 1.54) is 0 Å². The van der Waals surface area contributed by atoms with Gasteiger partial charge in [0.2, 0.25) is 5.91 Å². The van der Waals surface area contributed by atoms with Crippen LogP contribution in [0.15, 0.2) is 54.7 Å². The molecule has 0 bridgehead atoms. The normalized spacial score (nSPS) is 17.6. The van der Waals surface area contributed by atoms with Gasteiger partial charge in [-0.1, -0.05) is 36.4 Å². The predicted molar refractivity (Wildman–Crippen MR) is 95.6 cm³/mol. The Kier molecular flexibility index (Phi) is 5.80. The van der Waals surface area contributed by atoms with Crippen molar-refractivity contribution < 1.29 is 4.79 Å². The summed E-state index contributed by atoms with van der Waals surface area (Å²) in [6.07, 6.45) is 2.91. The Bertz CT molecular complexity index is 632. The Hall–Kier alpha value is -2.40. The molecule has 126 valence electrons. The van der Waals surface area contributed by atoms with Gasteiger partial charge < -0.3 is 10.6 Å². The monoisotopic (exact) mass is 324 g/mol. The molecule has 0 radical (unpaired) electrons. The van der Waals surface area contributed by atoms with E-state index in [1.807, 2.05) is 48.5 Å². The summed E-state index contributed by atoms with van der Waals surface area (Å²) < 4.78 is 0. The first-order chi connectivity index (χ1) is 11.8. The maximum atomic E-state index is 12.1. The Labute approximate surface area is 143 Å². The van der Waals surface area contributed by atoms with Gasteiger partial charge in [0.15, 0.2) is 0 Å². The van der Waals surface area contributed by atoms with Gasteiger partial charge in [-0.3, -0.25) is 9.69 Å². The minimum atomic E-state index is 0.0946. The van der Waals surface area contributed by atoms with Crippen LogP contribution in [0.4, 0.5) is 5.82 Å². The fourth-order valence-electron chi connectivity index (χ4n) is 2.99. The highest BCUT2D eigenvalue weighted by molar-refractivity contribution is 5.78. The van der Waals surface area contributed by atoms with E-state index in [4.69, 9.17) is 0 Å². The van der Waals surface area contributed by atoms with Crippen molar-refractivity contribution in [2.45, 2.75) is 13.0 Å². The van der Waals surface area contributed by atoms with E-state index < -0.39 is 0 Å². The highest BCUT2D eigenvalue weighted by Gasteiger charge is 2.23. The lowest BCUT2D eigenvalue weighted by Crippen LogP contribution is -2.36. The van der Waals surface area contributed by atoms with E-state index in [2.05, 4.69) is 20.5 Å². The van der Waals surface area contributed by atoms with Crippen LogP contribution in [0.1, 0.15) is 12.0 Å². The van der Waals surface area contributed by atoms with Crippen LogP contribution < -0.4 is 10.6 Å². The molecule has 2 aromatic rings. The molecule has 1 aromatic heterocycles. The maximum Gasteiger partial charge on any atom is 0.234 e. The minimum absolute atomic E-state index is 0.0946. The molecule has 0 saturated carbocycles. The fraction of sp³-hybridized carbons (Fsp3) is 0.368. The third-order valence-corrected chi connectivity index (χ3v) is 4.31. The van der Waals surface area contributed by atoms with Crippen LogP contribution in [-0.4, -0.2) is 42.0 Å². The van der Waals surface area contributed by atoms with Crippen LogP contribution in [0.25, 0.3) is 0 Å². The summed E-state index contributed by atoms with van der Waals surface area (Å²) in [5, 5.41) is 6.36. The summed E-state index contributed by atoms with van der Waals surface area (Å²) in [6.45, 7) is 3.91. The lowest BCUT2D eigenvalue weighted by atomic mass is 10.1. The third kappa shape index (κ3) is 5.06. The van der Waals surface area contributed by atoms with Gasteiger partial charge in [0.25, 0.3) is 0 Å². The number of carbonyl (C=O) groups is 1. The Morgan fingerprint density at radius 3 is 2.79 bits per heavy atom. The SMILES string of the molecule is O=C(CN1CC[C@H](CNc2ccccn2)C1)NCc1ccccc1. The van der Waals surface area contributed by atoms with Crippen molar-refractivity contribution in [2.75, 3.05) is 31.5 Å².